The highest BCUT2D eigenvalue weighted by Crippen LogP contribution is 2.33. The summed E-state index contributed by atoms with van der Waals surface area (Å²) in [6.45, 7) is 0. The highest BCUT2D eigenvalue weighted by molar-refractivity contribution is 6.30. The number of aromatic nitrogens is 2. The van der Waals surface area contributed by atoms with Crippen LogP contribution in [0.4, 0.5) is 15.9 Å². The summed E-state index contributed by atoms with van der Waals surface area (Å²) in [5.74, 6) is 0.184. The predicted molar refractivity (Wildman–Crippen MR) is 82.4 cm³/mol. The lowest BCUT2D eigenvalue weighted by atomic mass is 10.2. The molecule has 5 nitrogen and oxygen atoms in total. The van der Waals surface area contributed by atoms with Crippen molar-refractivity contribution in [3.05, 3.63) is 47.5 Å². The standard InChI is InChI=1S/C15H11ClFN3O2/c1-22-14-6-12-9(5-13(14)21)15(19-7-18-12)20-8-2-3-10(16)11(17)4-8/h2-7,21H,1H3,(H,18,19,20). The largest absolute Gasteiger partial charge is 0.504 e. The van der Waals surface area contributed by atoms with E-state index in [2.05, 4.69) is 15.3 Å². The van der Waals surface area contributed by atoms with Gasteiger partial charge in [0.25, 0.3) is 0 Å². The molecule has 0 fully saturated rings. The third-order valence-corrected chi connectivity index (χ3v) is 3.42. The molecule has 3 rings (SSSR count). The van der Waals surface area contributed by atoms with E-state index < -0.39 is 5.82 Å². The normalized spacial score (nSPS) is 10.7. The van der Waals surface area contributed by atoms with Gasteiger partial charge < -0.3 is 15.2 Å². The summed E-state index contributed by atoms with van der Waals surface area (Å²) in [6.07, 6.45) is 1.37. The number of phenolic OH excluding ortho intramolecular Hbond substituents is 1. The summed E-state index contributed by atoms with van der Waals surface area (Å²) < 4.78 is 18.5. The number of aromatic hydroxyl groups is 1. The van der Waals surface area contributed by atoms with Crippen molar-refractivity contribution in [2.75, 3.05) is 12.4 Å². The fourth-order valence-corrected chi connectivity index (χ4v) is 2.16. The first-order valence-electron chi connectivity index (χ1n) is 6.32. The first-order valence-corrected chi connectivity index (χ1v) is 6.70. The van der Waals surface area contributed by atoms with E-state index >= 15 is 0 Å². The van der Waals surface area contributed by atoms with Crippen LogP contribution >= 0.6 is 11.6 Å². The number of benzene rings is 2. The van der Waals surface area contributed by atoms with Crippen molar-refractivity contribution in [1.29, 1.82) is 0 Å². The van der Waals surface area contributed by atoms with Crippen molar-refractivity contribution in [3.8, 4) is 11.5 Å². The van der Waals surface area contributed by atoms with Gasteiger partial charge in [0.05, 0.1) is 17.6 Å². The summed E-state index contributed by atoms with van der Waals surface area (Å²) in [5, 5.41) is 13.5. The number of ether oxygens (including phenoxy) is 1. The van der Waals surface area contributed by atoms with E-state index in [1.54, 1.807) is 12.1 Å². The number of rotatable bonds is 3. The number of hydrogen-bond acceptors (Lipinski definition) is 5. The monoisotopic (exact) mass is 319 g/mol. The number of fused-ring (bicyclic) bond motifs is 1. The minimum Gasteiger partial charge on any atom is -0.504 e. The van der Waals surface area contributed by atoms with Crippen LogP contribution in [0.15, 0.2) is 36.7 Å². The van der Waals surface area contributed by atoms with Crippen LogP contribution in [0.2, 0.25) is 5.02 Å². The van der Waals surface area contributed by atoms with Crippen molar-refractivity contribution >= 4 is 34.0 Å². The van der Waals surface area contributed by atoms with E-state index in [4.69, 9.17) is 16.3 Å². The first-order chi connectivity index (χ1) is 10.6. The average molecular weight is 320 g/mol. The van der Waals surface area contributed by atoms with E-state index in [9.17, 15) is 9.50 Å². The molecular weight excluding hydrogens is 309 g/mol. The van der Waals surface area contributed by atoms with Gasteiger partial charge in [0.15, 0.2) is 11.5 Å². The summed E-state index contributed by atoms with van der Waals surface area (Å²) in [7, 11) is 1.46. The number of nitrogens with one attached hydrogen (secondary N) is 1. The Balaban J connectivity index is 2.06. The lowest BCUT2D eigenvalue weighted by molar-refractivity contribution is 0.374. The van der Waals surface area contributed by atoms with Gasteiger partial charge in [0.1, 0.15) is 18.0 Å². The van der Waals surface area contributed by atoms with Crippen LogP contribution in [0, 0.1) is 5.82 Å². The maximum Gasteiger partial charge on any atom is 0.162 e. The Kier molecular flexibility index (Phi) is 3.68. The Morgan fingerprint density at radius 3 is 2.77 bits per heavy atom. The molecule has 112 valence electrons. The Morgan fingerprint density at radius 2 is 2.05 bits per heavy atom. The zero-order valence-corrected chi connectivity index (χ0v) is 12.2. The van der Waals surface area contributed by atoms with Gasteiger partial charge in [-0.05, 0) is 24.3 Å². The van der Waals surface area contributed by atoms with Crippen molar-refractivity contribution in [2.45, 2.75) is 0 Å². The number of phenols is 1. The Hall–Kier alpha value is -2.60. The molecule has 2 aromatic carbocycles. The second-order valence-corrected chi connectivity index (χ2v) is 4.92. The minimum atomic E-state index is -0.533. The molecular formula is C15H11ClFN3O2. The minimum absolute atomic E-state index is 0.0323. The topological polar surface area (TPSA) is 67.3 Å². The molecule has 0 aliphatic rings. The van der Waals surface area contributed by atoms with Crippen LogP contribution in [0.25, 0.3) is 10.9 Å². The van der Waals surface area contributed by atoms with Gasteiger partial charge in [-0.2, -0.15) is 0 Å². The lowest BCUT2D eigenvalue weighted by Crippen LogP contribution is -1.97. The lowest BCUT2D eigenvalue weighted by Gasteiger charge is -2.10. The molecule has 0 amide bonds. The molecule has 0 unspecified atom stereocenters. The molecule has 7 heteroatoms. The van der Waals surface area contributed by atoms with Crippen molar-refractivity contribution in [1.82, 2.24) is 9.97 Å². The van der Waals surface area contributed by atoms with E-state index in [0.29, 0.717) is 28.2 Å². The third kappa shape index (κ3) is 2.60. The zero-order chi connectivity index (χ0) is 15.7. The Morgan fingerprint density at radius 1 is 1.23 bits per heavy atom. The van der Waals surface area contributed by atoms with Gasteiger partial charge in [-0.1, -0.05) is 11.6 Å². The number of hydrogen-bond donors (Lipinski definition) is 2. The van der Waals surface area contributed by atoms with Crippen molar-refractivity contribution < 1.29 is 14.2 Å². The summed E-state index contributed by atoms with van der Waals surface area (Å²) >= 11 is 5.66. The molecule has 22 heavy (non-hydrogen) atoms. The van der Waals surface area contributed by atoms with Crippen LogP contribution in [-0.4, -0.2) is 22.2 Å². The summed E-state index contributed by atoms with van der Waals surface area (Å²) in [6, 6.07) is 7.42. The van der Waals surface area contributed by atoms with Crippen LogP contribution in [-0.2, 0) is 0 Å². The molecule has 1 heterocycles. The predicted octanol–water partition coefficient (Wildman–Crippen LogP) is 3.88. The molecule has 2 N–H and O–H groups in total. The molecule has 0 saturated heterocycles. The van der Waals surface area contributed by atoms with Crippen LogP contribution in [0.3, 0.4) is 0 Å². The van der Waals surface area contributed by atoms with Crippen molar-refractivity contribution in [2.24, 2.45) is 0 Å². The number of nitrogens with zero attached hydrogens (tertiary/aromatic N) is 2. The molecule has 0 aliphatic heterocycles. The molecule has 0 spiro atoms. The van der Waals surface area contributed by atoms with Crippen LogP contribution < -0.4 is 10.1 Å². The summed E-state index contributed by atoms with van der Waals surface area (Å²) in [5.41, 5.74) is 1.07. The second-order valence-electron chi connectivity index (χ2n) is 4.52. The highest BCUT2D eigenvalue weighted by Gasteiger charge is 2.10. The molecule has 3 aromatic rings. The first kappa shape index (κ1) is 14.3. The zero-order valence-electron chi connectivity index (χ0n) is 11.5. The maximum atomic E-state index is 13.5. The number of halogens is 2. The van der Waals surface area contributed by atoms with Gasteiger partial charge in [0.2, 0.25) is 0 Å². The second kappa shape index (κ2) is 5.65. The molecule has 0 aliphatic carbocycles. The quantitative estimate of drug-likeness (QED) is 0.767. The van der Waals surface area contributed by atoms with E-state index in [-0.39, 0.29) is 10.8 Å². The Labute approximate surface area is 130 Å². The number of methoxy groups -OCH3 is 1. The van der Waals surface area contributed by atoms with Crippen LogP contribution in [0.5, 0.6) is 11.5 Å². The van der Waals surface area contributed by atoms with E-state index in [0.717, 1.165) is 0 Å². The van der Waals surface area contributed by atoms with Gasteiger partial charge in [-0.15, -0.1) is 0 Å². The van der Waals surface area contributed by atoms with Gasteiger partial charge in [-0.25, -0.2) is 14.4 Å². The smallest absolute Gasteiger partial charge is 0.162 e. The Bertz CT molecular complexity index is 858. The van der Waals surface area contributed by atoms with E-state index in [1.165, 1.54) is 31.6 Å². The van der Waals surface area contributed by atoms with Crippen molar-refractivity contribution in [3.63, 3.8) is 0 Å². The SMILES string of the molecule is COc1cc2ncnc(Nc3ccc(Cl)c(F)c3)c2cc1O. The fourth-order valence-electron chi connectivity index (χ4n) is 2.05. The fraction of sp³-hybridized carbons (Fsp3) is 0.0667. The maximum absolute atomic E-state index is 13.5. The molecule has 0 atom stereocenters. The average Bonchev–Trinajstić information content (AvgIpc) is 2.51. The summed E-state index contributed by atoms with van der Waals surface area (Å²) in [4.78, 5) is 8.25. The molecule has 0 bridgehead atoms. The van der Waals surface area contributed by atoms with Crippen LogP contribution in [0.1, 0.15) is 0 Å². The van der Waals surface area contributed by atoms with Gasteiger partial charge in [-0.3, -0.25) is 0 Å². The third-order valence-electron chi connectivity index (χ3n) is 3.12. The molecule has 0 radical (unpaired) electrons. The molecule has 0 saturated carbocycles. The molecule has 1 aromatic heterocycles. The highest BCUT2D eigenvalue weighted by atomic mass is 35.5. The van der Waals surface area contributed by atoms with Gasteiger partial charge >= 0.3 is 0 Å². The number of anilines is 2. The van der Waals surface area contributed by atoms with E-state index in [1.807, 2.05) is 0 Å². The van der Waals surface area contributed by atoms with Gasteiger partial charge in [0, 0.05) is 17.1 Å².